The molecule has 1 aliphatic heterocycles. The number of nitrogens with one attached hydrogen (secondary N) is 1. The highest BCUT2D eigenvalue weighted by Gasteiger charge is 2.47. The molecule has 0 aliphatic carbocycles. The van der Waals surface area contributed by atoms with E-state index >= 15 is 0 Å². The van der Waals surface area contributed by atoms with Gasteiger partial charge in [0.25, 0.3) is 11.8 Å². The molecule has 0 spiro atoms. The number of alkyl halides is 3. The van der Waals surface area contributed by atoms with Crippen molar-refractivity contribution in [3.05, 3.63) is 24.0 Å². The van der Waals surface area contributed by atoms with Crippen LogP contribution in [0.4, 0.5) is 18.9 Å². The molecule has 2 atom stereocenters. The van der Waals surface area contributed by atoms with E-state index in [-0.39, 0.29) is 24.2 Å². The van der Waals surface area contributed by atoms with Gasteiger partial charge in [-0.2, -0.15) is 13.2 Å². The summed E-state index contributed by atoms with van der Waals surface area (Å²) in [6.45, 7) is 0. The second-order valence-electron chi connectivity index (χ2n) is 4.52. The Bertz CT molecular complexity index is 562. The van der Waals surface area contributed by atoms with Crippen LogP contribution in [0.5, 0.6) is 0 Å². The highest BCUT2D eigenvalue weighted by atomic mass is 19.4. The second kappa shape index (κ2) is 5.68. The lowest BCUT2D eigenvalue weighted by Crippen LogP contribution is -2.33. The maximum Gasteiger partial charge on any atom is 0.414 e. The second-order valence-corrected chi connectivity index (χ2v) is 4.52. The van der Waals surface area contributed by atoms with Gasteiger partial charge in [0.2, 0.25) is 0 Å². The summed E-state index contributed by atoms with van der Waals surface area (Å²) in [6, 6.07) is 2.62. The number of nitrogens with zero attached hydrogens (tertiary/aromatic N) is 1. The molecule has 1 saturated heterocycles. The molecule has 21 heavy (non-hydrogen) atoms. The highest BCUT2D eigenvalue weighted by Crippen LogP contribution is 2.33. The summed E-state index contributed by atoms with van der Waals surface area (Å²) in [6.07, 6.45) is -6.61. The van der Waals surface area contributed by atoms with E-state index in [0.29, 0.717) is 0 Å². The number of carbonyl (C=O) groups excluding carboxylic acids is 2. The molecule has 0 aromatic carbocycles. The summed E-state index contributed by atoms with van der Waals surface area (Å²) in [5.74, 6) is -1.48. The van der Waals surface area contributed by atoms with E-state index in [0.717, 1.165) is 0 Å². The molecule has 6 nitrogen and oxygen atoms in total. The molecule has 0 saturated carbocycles. The number of anilines is 1. The molecule has 1 aromatic heterocycles. The van der Waals surface area contributed by atoms with Crippen LogP contribution in [0.15, 0.2) is 18.3 Å². The third-order valence-corrected chi connectivity index (χ3v) is 2.96. The van der Waals surface area contributed by atoms with Gasteiger partial charge in [-0.1, -0.05) is 0 Å². The smallest absolute Gasteiger partial charge is 0.364 e. The summed E-state index contributed by atoms with van der Waals surface area (Å²) in [7, 11) is 0. The topological polar surface area (TPSA) is 94.3 Å². The molecule has 2 rings (SSSR count). The quantitative estimate of drug-likeness (QED) is 0.878. The number of nitrogens with two attached hydrogens (primary N) is 1. The summed E-state index contributed by atoms with van der Waals surface area (Å²) in [5.41, 5.74) is 5.19. The monoisotopic (exact) mass is 303 g/mol. The Kier molecular flexibility index (Phi) is 4.12. The predicted molar refractivity (Wildman–Crippen MR) is 65.3 cm³/mol. The van der Waals surface area contributed by atoms with Gasteiger partial charge in [0.05, 0.1) is 0 Å². The average Bonchev–Trinajstić information content (AvgIpc) is 2.88. The average molecular weight is 303 g/mol. The van der Waals surface area contributed by atoms with E-state index in [9.17, 15) is 22.8 Å². The van der Waals surface area contributed by atoms with Crippen LogP contribution in [0.2, 0.25) is 0 Å². The van der Waals surface area contributed by atoms with Gasteiger partial charge in [-0.3, -0.25) is 14.6 Å². The van der Waals surface area contributed by atoms with Crippen molar-refractivity contribution in [1.82, 2.24) is 4.98 Å². The van der Waals surface area contributed by atoms with Gasteiger partial charge in [0, 0.05) is 11.9 Å². The first-order valence-electron chi connectivity index (χ1n) is 6.06. The van der Waals surface area contributed by atoms with Crippen molar-refractivity contribution >= 4 is 17.5 Å². The minimum atomic E-state index is -4.48. The molecule has 1 aliphatic rings. The fourth-order valence-electron chi connectivity index (χ4n) is 1.94. The summed E-state index contributed by atoms with van der Waals surface area (Å²) < 4.78 is 42.0. The van der Waals surface area contributed by atoms with Gasteiger partial charge in [-0.15, -0.1) is 0 Å². The van der Waals surface area contributed by atoms with E-state index in [1.807, 2.05) is 0 Å². The van der Waals surface area contributed by atoms with Crippen molar-refractivity contribution in [3.63, 3.8) is 0 Å². The number of aromatic nitrogens is 1. The normalized spacial score (nSPS) is 22.0. The van der Waals surface area contributed by atoms with Gasteiger partial charge < -0.3 is 15.8 Å². The van der Waals surface area contributed by atoms with Gasteiger partial charge in [-0.05, 0) is 25.0 Å². The number of rotatable bonds is 3. The van der Waals surface area contributed by atoms with Crippen LogP contribution >= 0.6 is 0 Å². The van der Waals surface area contributed by atoms with E-state index in [1.54, 1.807) is 0 Å². The fraction of sp³-hybridized carbons (Fsp3) is 0.417. The van der Waals surface area contributed by atoms with Crippen LogP contribution in [0.3, 0.4) is 0 Å². The molecule has 2 amide bonds. The maximum atomic E-state index is 12.4. The predicted octanol–water partition coefficient (Wildman–Crippen LogP) is 1.23. The number of hydrogen-bond donors (Lipinski definition) is 2. The Labute approximate surface area is 117 Å². The number of halogens is 3. The van der Waals surface area contributed by atoms with Crippen LogP contribution in [-0.2, 0) is 9.53 Å². The van der Waals surface area contributed by atoms with E-state index in [4.69, 9.17) is 10.5 Å². The third kappa shape index (κ3) is 3.69. The lowest BCUT2D eigenvalue weighted by atomic mass is 10.2. The van der Waals surface area contributed by atoms with Crippen LogP contribution < -0.4 is 11.1 Å². The standard InChI is InChI=1S/C12H12F3N3O3/c13-12(14,15)9-2-1-8(21-9)11(20)18-6-3-4-17-7(5-6)10(16)19/h3-5,8-9H,1-2H2,(H2,16,19)(H,17,18,20). The Hall–Kier alpha value is -2.16. The minimum absolute atomic E-state index is 0.0240. The van der Waals surface area contributed by atoms with Gasteiger partial charge in [0.15, 0.2) is 6.10 Å². The molecule has 1 fully saturated rings. The fourth-order valence-corrected chi connectivity index (χ4v) is 1.94. The number of primary amides is 1. The number of ether oxygens (including phenoxy) is 1. The molecule has 114 valence electrons. The lowest BCUT2D eigenvalue weighted by molar-refractivity contribution is -0.213. The Morgan fingerprint density at radius 3 is 2.67 bits per heavy atom. The van der Waals surface area contributed by atoms with Crippen molar-refractivity contribution in [3.8, 4) is 0 Å². The molecule has 0 bridgehead atoms. The van der Waals surface area contributed by atoms with Gasteiger partial charge >= 0.3 is 6.18 Å². The van der Waals surface area contributed by atoms with Gasteiger partial charge in [0.1, 0.15) is 11.8 Å². The first kappa shape index (κ1) is 15.2. The van der Waals surface area contributed by atoms with Crippen LogP contribution in [0.25, 0.3) is 0 Å². The number of pyridine rings is 1. The van der Waals surface area contributed by atoms with Crippen LogP contribution in [0, 0.1) is 0 Å². The lowest BCUT2D eigenvalue weighted by Gasteiger charge is -2.16. The molecular formula is C12H12F3N3O3. The van der Waals surface area contributed by atoms with Gasteiger partial charge in [-0.25, -0.2) is 0 Å². The largest absolute Gasteiger partial charge is 0.414 e. The maximum absolute atomic E-state index is 12.4. The molecule has 0 radical (unpaired) electrons. The molecule has 3 N–H and O–H groups in total. The Morgan fingerprint density at radius 2 is 2.10 bits per heavy atom. The SMILES string of the molecule is NC(=O)c1cc(NC(=O)C2CCC(C(F)(F)F)O2)ccn1. The summed E-state index contributed by atoms with van der Waals surface area (Å²) >= 11 is 0. The Morgan fingerprint density at radius 1 is 1.38 bits per heavy atom. The summed E-state index contributed by atoms with van der Waals surface area (Å²) in [4.78, 5) is 26.5. The summed E-state index contributed by atoms with van der Waals surface area (Å²) in [5, 5.41) is 2.37. The van der Waals surface area contributed by atoms with E-state index < -0.39 is 30.2 Å². The minimum Gasteiger partial charge on any atom is -0.364 e. The third-order valence-electron chi connectivity index (χ3n) is 2.96. The number of amides is 2. The first-order chi connectivity index (χ1) is 9.77. The van der Waals surface area contributed by atoms with Crippen molar-refractivity contribution in [2.24, 2.45) is 5.73 Å². The van der Waals surface area contributed by atoms with Crippen molar-refractivity contribution in [1.29, 1.82) is 0 Å². The van der Waals surface area contributed by atoms with Crippen molar-refractivity contribution in [2.45, 2.75) is 31.2 Å². The van der Waals surface area contributed by atoms with Crippen LogP contribution in [0.1, 0.15) is 23.3 Å². The number of carbonyl (C=O) groups is 2. The zero-order valence-corrected chi connectivity index (χ0v) is 10.7. The highest BCUT2D eigenvalue weighted by molar-refractivity contribution is 5.96. The molecular weight excluding hydrogens is 291 g/mol. The molecule has 1 aromatic rings. The van der Waals surface area contributed by atoms with Crippen LogP contribution in [-0.4, -0.2) is 35.2 Å². The number of hydrogen-bond acceptors (Lipinski definition) is 4. The van der Waals surface area contributed by atoms with E-state index in [1.165, 1.54) is 18.3 Å². The first-order valence-corrected chi connectivity index (χ1v) is 6.06. The molecule has 2 heterocycles. The van der Waals surface area contributed by atoms with E-state index in [2.05, 4.69) is 10.3 Å². The molecule has 9 heteroatoms. The Balaban J connectivity index is 2.00. The zero-order valence-electron chi connectivity index (χ0n) is 10.7. The molecule has 2 unspecified atom stereocenters. The van der Waals surface area contributed by atoms with Crippen molar-refractivity contribution < 1.29 is 27.5 Å². The van der Waals surface area contributed by atoms with Crippen molar-refractivity contribution in [2.75, 3.05) is 5.32 Å². The zero-order chi connectivity index (χ0) is 15.6.